The molecule has 0 aliphatic rings. The molecular formula is C36H73ClN4O3. The third kappa shape index (κ3) is 33.4. The van der Waals surface area contributed by atoms with E-state index in [4.69, 9.17) is 16.2 Å². The average molecular weight is 645 g/mol. The van der Waals surface area contributed by atoms with Crippen molar-refractivity contribution in [1.82, 2.24) is 5.32 Å². The zero-order valence-corrected chi connectivity index (χ0v) is 29.8. The van der Waals surface area contributed by atoms with Gasteiger partial charge in [-0.25, -0.2) is 0 Å². The van der Waals surface area contributed by atoms with E-state index in [0.717, 1.165) is 25.7 Å². The van der Waals surface area contributed by atoms with Crippen molar-refractivity contribution >= 4 is 30.2 Å². The van der Waals surface area contributed by atoms with E-state index in [1.807, 2.05) is 0 Å². The first-order valence-corrected chi connectivity index (χ1v) is 18.5. The highest BCUT2D eigenvalue weighted by Crippen LogP contribution is 2.16. The lowest BCUT2D eigenvalue weighted by Gasteiger charge is -2.16. The molecule has 0 aliphatic heterocycles. The SMILES string of the molecule is CCCCCCCCCCCCCCCCOC(=O)C[C@@H](CCCN=C(N)N)C(=O)NCCCCCCCCCCCC.Cl. The van der Waals surface area contributed by atoms with Crippen LogP contribution in [0.5, 0.6) is 0 Å². The van der Waals surface area contributed by atoms with Crippen molar-refractivity contribution in [2.45, 2.75) is 187 Å². The largest absolute Gasteiger partial charge is 0.466 e. The molecule has 0 aliphatic carbocycles. The minimum Gasteiger partial charge on any atom is -0.466 e. The normalized spacial score (nSPS) is 11.5. The Hall–Kier alpha value is -1.50. The Morgan fingerprint density at radius 1 is 0.614 bits per heavy atom. The number of aliphatic imine (C=N–C) groups is 1. The van der Waals surface area contributed by atoms with Crippen LogP contribution in [-0.4, -0.2) is 37.5 Å². The first-order valence-electron chi connectivity index (χ1n) is 18.5. The molecule has 0 spiro atoms. The van der Waals surface area contributed by atoms with Gasteiger partial charge in [0.2, 0.25) is 5.91 Å². The van der Waals surface area contributed by atoms with Crippen molar-refractivity contribution < 1.29 is 14.3 Å². The van der Waals surface area contributed by atoms with E-state index in [-0.39, 0.29) is 36.7 Å². The molecular weight excluding hydrogens is 572 g/mol. The summed E-state index contributed by atoms with van der Waals surface area (Å²) in [5.74, 6) is -0.694. The molecule has 0 radical (unpaired) electrons. The van der Waals surface area contributed by atoms with Gasteiger partial charge in [-0.2, -0.15) is 0 Å². The van der Waals surface area contributed by atoms with Crippen LogP contribution in [0.2, 0.25) is 0 Å². The van der Waals surface area contributed by atoms with Gasteiger partial charge >= 0.3 is 5.97 Å². The molecule has 0 rings (SSSR count). The van der Waals surface area contributed by atoms with Crippen LogP contribution < -0.4 is 16.8 Å². The van der Waals surface area contributed by atoms with Crippen molar-refractivity contribution in [3.8, 4) is 0 Å². The van der Waals surface area contributed by atoms with Crippen LogP contribution >= 0.6 is 12.4 Å². The number of carbonyl (C=O) groups is 2. The van der Waals surface area contributed by atoms with Crippen molar-refractivity contribution in [1.29, 1.82) is 0 Å². The number of halogens is 1. The van der Waals surface area contributed by atoms with Crippen molar-refractivity contribution in [3.05, 3.63) is 0 Å². The summed E-state index contributed by atoms with van der Waals surface area (Å²) in [6.45, 7) is 6.08. The van der Waals surface area contributed by atoms with E-state index in [1.54, 1.807) is 0 Å². The molecule has 0 heterocycles. The van der Waals surface area contributed by atoms with Crippen LogP contribution in [-0.2, 0) is 14.3 Å². The molecule has 0 saturated heterocycles. The minimum atomic E-state index is -0.402. The topological polar surface area (TPSA) is 120 Å². The Bertz CT molecular complexity index is 659. The number of carbonyl (C=O) groups excluding carboxylic acids is 2. The first kappa shape index (κ1) is 44.6. The monoisotopic (exact) mass is 645 g/mol. The number of unbranched alkanes of at least 4 members (excludes halogenated alkanes) is 22. The van der Waals surface area contributed by atoms with Crippen LogP contribution in [0.4, 0.5) is 0 Å². The second-order valence-corrected chi connectivity index (χ2v) is 12.6. The highest BCUT2D eigenvalue weighted by molar-refractivity contribution is 5.85. The summed E-state index contributed by atoms with van der Waals surface area (Å²) in [4.78, 5) is 29.4. The van der Waals surface area contributed by atoms with E-state index >= 15 is 0 Å². The van der Waals surface area contributed by atoms with Gasteiger partial charge in [0.25, 0.3) is 0 Å². The van der Waals surface area contributed by atoms with E-state index in [0.29, 0.717) is 32.5 Å². The van der Waals surface area contributed by atoms with E-state index in [9.17, 15) is 9.59 Å². The molecule has 0 saturated carbocycles. The van der Waals surface area contributed by atoms with Gasteiger partial charge < -0.3 is 21.5 Å². The number of hydrogen-bond donors (Lipinski definition) is 3. The van der Waals surface area contributed by atoms with Gasteiger partial charge in [0.15, 0.2) is 5.96 Å². The molecule has 262 valence electrons. The van der Waals surface area contributed by atoms with Gasteiger partial charge in [0.05, 0.1) is 13.0 Å². The summed E-state index contributed by atoms with van der Waals surface area (Å²) in [7, 11) is 0. The van der Waals surface area contributed by atoms with E-state index in [1.165, 1.54) is 128 Å². The molecule has 44 heavy (non-hydrogen) atoms. The van der Waals surface area contributed by atoms with Gasteiger partial charge in [0, 0.05) is 19.0 Å². The summed E-state index contributed by atoms with van der Waals surface area (Å²) < 4.78 is 5.50. The Kier molecular flexibility index (Phi) is 36.5. The van der Waals surface area contributed by atoms with Crippen molar-refractivity contribution in [3.63, 3.8) is 0 Å². The lowest BCUT2D eigenvalue weighted by molar-refractivity contribution is -0.147. The Morgan fingerprint density at radius 2 is 1.02 bits per heavy atom. The Morgan fingerprint density at radius 3 is 1.45 bits per heavy atom. The second kappa shape index (κ2) is 36.0. The smallest absolute Gasteiger partial charge is 0.306 e. The number of amides is 1. The molecule has 8 heteroatoms. The third-order valence-electron chi connectivity index (χ3n) is 8.38. The fourth-order valence-electron chi connectivity index (χ4n) is 5.58. The number of rotatable bonds is 33. The third-order valence-corrected chi connectivity index (χ3v) is 8.38. The molecule has 0 aromatic carbocycles. The zero-order chi connectivity index (χ0) is 31.6. The minimum absolute atomic E-state index is 0. The number of nitrogens with two attached hydrogens (primary N) is 2. The van der Waals surface area contributed by atoms with Crippen LogP contribution in [0, 0.1) is 5.92 Å². The number of nitrogens with zero attached hydrogens (tertiary/aromatic N) is 1. The maximum absolute atomic E-state index is 12.9. The first-order chi connectivity index (χ1) is 21.0. The number of esters is 1. The molecule has 5 N–H and O–H groups in total. The predicted molar refractivity (Wildman–Crippen MR) is 191 cm³/mol. The van der Waals surface area contributed by atoms with Crippen molar-refractivity contribution in [2.24, 2.45) is 22.4 Å². The predicted octanol–water partition coefficient (Wildman–Crippen LogP) is 9.53. The fraction of sp³-hybridized carbons (Fsp3) is 0.917. The summed E-state index contributed by atoms with van der Waals surface area (Å²) >= 11 is 0. The Labute approximate surface area is 278 Å². The van der Waals surface area contributed by atoms with Crippen LogP contribution in [0.1, 0.15) is 187 Å². The highest BCUT2D eigenvalue weighted by atomic mass is 35.5. The lowest BCUT2D eigenvalue weighted by atomic mass is 9.98. The zero-order valence-electron chi connectivity index (χ0n) is 29.0. The van der Waals surface area contributed by atoms with E-state index in [2.05, 4.69) is 24.2 Å². The maximum Gasteiger partial charge on any atom is 0.306 e. The molecule has 0 aromatic rings. The Balaban J connectivity index is 0. The quantitative estimate of drug-likeness (QED) is 0.0284. The molecule has 0 bridgehead atoms. The average Bonchev–Trinajstić information content (AvgIpc) is 2.99. The standard InChI is InChI=1S/C36H72N4O3.ClH/c1-3-5-7-9-11-13-15-16-17-18-20-22-24-26-31-43-34(41)32-33(28-27-30-40-36(37)38)35(42)39-29-25-23-21-19-14-12-10-8-6-4-2;/h33H,3-32H2,1-2H3,(H,39,42)(H4,37,38,40);1H/t33-;/m1./s1. The molecule has 0 aromatic heterocycles. The number of hydrogen-bond acceptors (Lipinski definition) is 4. The second-order valence-electron chi connectivity index (χ2n) is 12.6. The van der Waals surface area contributed by atoms with Gasteiger partial charge in [-0.15, -0.1) is 12.4 Å². The van der Waals surface area contributed by atoms with Crippen LogP contribution in [0.15, 0.2) is 4.99 Å². The molecule has 1 amide bonds. The van der Waals surface area contributed by atoms with Crippen LogP contribution in [0.25, 0.3) is 0 Å². The van der Waals surface area contributed by atoms with E-state index < -0.39 is 5.92 Å². The van der Waals surface area contributed by atoms with Crippen molar-refractivity contribution in [2.75, 3.05) is 19.7 Å². The van der Waals surface area contributed by atoms with Gasteiger partial charge in [-0.1, -0.05) is 155 Å². The molecule has 1 atom stereocenters. The molecule has 0 unspecified atom stereocenters. The lowest BCUT2D eigenvalue weighted by Crippen LogP contribution is -2.33. The highest BCUT2D eigenvalue weighted by Gasteiger charge is 2.22. The van der Waals surface area contributed by atoms with Crippen LogP contribution in [0.3, 0.4) is 0 Å². The van der Waals surface area contributed by atoms with Gasteiger partial charge in [-0.3, -0.25) is 14.6 Å². The number of ether oxygens (including phenoxy) is 1. The number of nitrogens with one attached hydrogen (secondary N) is 1. The van der Waals surface area contributed by atoms with Gasteiger partial charge in [0.1, 0.15) is 0 Å². The maximum atomic E-state index is 12.9. The summed E-state index contributed by atoms with van der Waals surface area (Å²) in [6.07, 6.45) is 32.1. The van der Waals surface area contributed by atoms with Gasteiger partial charge in [-0.05, 0) is 25.7 Å². The number of guanidine groups is 1. The summed E-state index contributed by atoms with van der Waals surface area (Å²) in [5.41, 5.74) is 10.8. The molecule has 0 fully saturated rings. The summed E-state index contributed by atoms with van der Waals surface area (Å²) in [5, 5.41) is 3.05. The summed E-state index contributed by atoms with van der Waals surface area (Å²) in [6, 6.07) is 0. The fourth-order valence-corrected chi connectivity index (χ4v) is 5.58. The molecule has 7 nitrogen and oxygen atoms in total.